The van der Waals surface area contributed by atoms with Gasteiger partial charge in [0.2, 0.25) is 0 Å². The average Bonchev–Trinajstić information content (AvgIpc) is 3.19. The van der Waals surface area contributed by atoms with Gasteiger partial charge in [0.25, 0.3) is 10.0 Å². The molecule has 1 aliphatic heterocycles. The molecule has 7 nitrogen and oxygen atoms in total. The molecular formula is C16H26F3N5O2S2. The lowest BCUT2D eigenvalue weighted by Crippen LogP contribution is -2.57. The second-order valence-corrected chi connectivity index (χ2v) is 9.69. The first-order chi connectivity index (χ1) is 13.1. The number of hydrogen-bond acceptors (Lipinski definition) is 5. The van der Waals surface area contributed by atoms with E-state index in [9.17, 15) is 21.6 Å². The highest BCUT2D eigenvalue weighted by molar-refractivity contribution is 7.91. The number of nitrogens with zero attached hydrogens (tertiary/aromatic N) is 4. The normalized spacial score (nSPS) is 18.5. The summed E-state index contributed by atoms with van der Waals surface area (Å²) in [6.45, 7) is 3.17. The van der Waals surface area contributed by atoms with E-state index >= 15 is 0 Å². The van der Waals surface area contributed by atoms with Crippen LogP contribution in [-0.2, 0) is 10.0 Å². The Morgan fingerprint density at radius 1 is 1.36 bits per heavy atom. The van der Waals surface area contributed by atoms with Crippen molar-refractivity contribution < 1.29 is 21.6 Å². The van der Waals surface area contributed by atoms with Gasteiger partial charge in [0.05, 0.1) is 0 Å². The number of aliphatic imine (C=N–C) groups is 1. The van der Waals surface area contributed by atoms with Gasteiger partial charge in [-0.3, -0.25) is 9.89 Å². The number of thiophene rings is 1. The minimum atomic E-state index is -4.24. The highest BCUT2D eigenvalue weighted by Gasteiger charge is 2.41. The van der Waals surface area contributed by atoms with Crippen molar-refractivity contribution in [2.45, 2.75) is 23.4 Å². The van der Waals surface area contributed by atoms with E-state index in [0.29, 0.717) is 25.6 Å². The molecule has 12 heteroatoms. The predicted octanol–water partition coefficient (Wildman–Crippen LogP) is 1.51. The molecule has 1 aromatic heterocycles. The van der Waals surface area contributed by atoms with Crippen LogP contribution in [0, 0.1) is 0 Å². The summed E-state index contributed by atoms with van der Waals surface area (Å²) in [5.74, 6) is 0.557. The van der Waals surface area contributed by atoms with Gasteiger partial charge in [-0.15, -0.1) is 11.3 Å². The van der Waals surface area contributed by atoms with Crippen LogP contribution in [0.5, 0.6) is 0 Å². The second-order valence-electron chi connectivity index (χ2n) is 6.47. The number of guanidine groups is 1. The summed E-state index contributed by atoms with van der Waals surface area (Å²) in [5.41, 5.74) is 0. The summed E-state index contributed by atoms with van der Waals surface area (Å²) in [6.07, 6.45) is -4.24. The Bertz CT molecular complexity index is 745. The Morgan fingerprint density at radius 2 is 2.00 bits per heavy atom. The third-order valence-corrected chi connectivity index (χ3v) is 7.95. The quantitative estimate of drug-likeness (QED) is 0.536. The van der Waals surface area contributed by atoms with Crippen molar-refractivity contribution in [1.82, 2.24) is 19.4 Å². The maximum Gasteiger partial charge on any atom is 0.403 e. The molecule has 0 saturated carbocycles. The molecule has 2 heterocycles. The highest BCUT2D eigenvalue weighted by atomic mass is 32.2. The molecule has 0 aliphatic carbocycles. The molecule has 0 aromatic carbocycles. The first-order valence-electron chi connectivity index (χ1n) is 8.83. The maximum atomic E-state index is 12.9. The van der Waals surface area contributed by atoms with Crippen molar-refractivity contribution in [2.24, 2.45) is 4.99 Å². The Labute approximate surface area is 167 Å². The van der Waals surface area contributed by atoms with Gasteiger partial charge in [-0.25, -0.2) is 8.42 Å². The van der Waals surface area contributed by atoms with Crippen LogP contribution in [0.1, 0.15) is 6.92 Å². The van der Waals surface area contributed by atoms with Crippen LogP contribution in [0.15, 0.2) is 26.7 Å². The summed E-state index contributed by atoms with van der Waals surface area (Å²) in [4.78, 5) is 7.45. The summed E-state index contributed by atoms with van der Waals surface area (Å²) in [5, 5.41) is 4.80. The number of halogens is 3. The number of sulfonamides is 1. The van der Waals surface area contributed by atoms with Crippen LogP contribution in [0.2, 0.25) is 0 Å². The van der Waals surface area contributed by atoms with Gasteiger partial charge in [-0.1, -0.05) is 6.07 Å². The van der Waals surface area contributed by atoms with E-state index in [1.54, 1.807) is 24.6 Å². The Hall–Kier alpha value is -1.37. The molecule has 1 atom stereocenters. The fourth-order valence-corrected chi connectivity index (χ4v) is 5.24. The average molecular weight is 442 g/mol. The topological polar surface area (TPSA) is 68.2 Å². The van der Waals surface area contributed by atoms with Crippen molar-refractivity contribution in [2.75, 3.05) is 53.4 Å². The molecule has 0 spiro atoms. The van der Waals surface area contributed by atoms with E-state index in [0.717, 1.165) is 11.3 Å². The fourth-order valence-electron chi connectivity index (χ4n) is 2.87. The van der Waals surface area contributed by atoms with E-state index in [2.05, 4.69) is 10.3 Å². The summed E-state index contributed by atoms with van der Waals surface area (Å²) in [6, 6.07) is 1.77. The minimum Gasteiger partial charge on any atom is -0.355 e. The van der Waals surface area contributed by atoms with Crippen molar-refractivity contribution in [1.29, 1.82) is 0 Å². The van der Waals surface area contributed by atoms with Gasteiger partial charge in [0.15, 0.2) is 5.96 Å². The zero-order chi connectivity index (χ0) is 20.9. The van der Waals surface area contributed by atoms with Crippen molar-refractivity contribution in [3.05, 3.63) is 17.5 Å². The maximum absolute atomic E-state index is 12.9. The molecule has 0 bridgehead atoms. The van der Waals surface area contributed by atoms with Crippen LogP contribution >= 0.6 is 11.3 Å². The van der Waals surface area contributed by atoms with Crippen molar-refractivity contribution in [3.63, 3.8) is 0 Å². The lowest BCUT2D eigenvalue weighted by atomic mass is 10.2. The molecule has 1 aromatic rings. The predicted molar refractivity (Wildman–Crippen MR) is 104 cm³/mol. The largest absolute Gasteiger partial charge is 0.403 e. The number of likely N-dealkylation sites (N-methyl/N-ethyl adjacent to an activating group) is 1. The van der Waals surface area contributed by atoms with Crippen LogP contribution < -0.4 is 5.32 Å². The molecule has 2 rings (SSSR count). The highest BCUT2D eigenvalue weighted by Crippen LogP contribution is 2.25. The number of rotatable bonds is 6. The fraction of sp³-hybridized carbons (Fsp3) is 0.688. The van der Waals surface area contributed by atoms with E-state index < -0.39 is 22.2 Å². The van der Waals surface area contributed by atoms with E-state index in [1.165, 1.54) is 23.2 Å². The zero-order valence-corrected chi connectivity index (χ0v) is 17.7. The standard InChI is InChI=1S/C16H26F3N5O2S2/c1-13(16(17,18)19)23-8-10-24(11-9-23)15(20-2)21-6-7-22(3)28(25,26)14-5-4-12-27-14/h4-5,12-13H,6-11H2,1-3H3,(H,20,21). The minimum absolute atomic E-state index is 0.240. The Balaban J connectivity index is 1.82. The van der Waals surface area contributed by atoms with Gasteiger partial charge in [-0.2, -0.15) is 17.5 Å². The SMILES string of the molecule is CN=C(NCCN(C)S(=O)(=O)c1cccs1)N1CCN(C(C)C(F)(F)F)CC1. The number of alkyl halides is 3. The Kier molecular flexibility index (Phi) is 7.71. The number of nitrogens with one attached hydrogen (secondary N) is 1. The van der Waals surface area contributed by atoms with Crippen LogP contribution in [-0.4, -0.2) is 94.1 Å². The molecule has 1 N–H and O–H groups in total. The lowest BCUT2D eigenvalue weighted by molar-refractivity contribution is -0.181. The van der Waals surface area contributed by atoms with E-state index in [-0.39, 0.29) is 23.8 Å². The van der Waals surface area contributed by atoms with E-state index in [1.807, 2.05) is 4.90 Å². The third-order valence-electron chi connectivity index (χ3n) is 4.72. The number of hydrogen-bond donors (Lipinski definition) is 1. The van der Waals surface area contributed by atoms with Crippen molar-refractivity contribution >= 4 is 27.3 Å². The van der Waals surface area contributed by atoms with Gasteiger partial charge >= 0.3 is 6.18 Å². The summed E-state index contributed by atoms with van der Waals surface area (Å²) in [7, 11) is -0.404. The molecule has 0 amide bonds. The first-order valence-corrected chi connectivity index (χ1v) is 11.2. The molecule has 0 radical (unpaired) electrons. The summed E-state index contributed by atoms with van der Waals surface area (Å²) < 4.78 is 64.9. The second kappa shape index (κ2) is 9.42. The number of piperazine rings is 1. The van der Waals surface area contributed by atoms with Gasteiger partial charge < -0.3 is 10.2 Å². The summed E-state index contributed by atoms with van der Waals surface area (Å²) >= 11 is 1.16. The molecule has 1 aliphatic rings. The smallest absolute Gasteiger partial charge is 0.355 e. The van der Waals surface area contributed by atoms with Gasteiger partial charge in [0.1, 0.15) is 10.3 Å². The molecule has 28 heavy (non-hydrogen) atoms. The van der Waals surface area contributed by atoms with E-state index in [4.69, 9.17) is 0 Å². The van der Waals surface area contributed by atoms with Crippen LogP contribution in [0.25, 0.3) is 0 Å². The zero-order valence-electron chi connectivity index (χ0n) is 16.1. The third kappa shape index (κ3) is 5.58. The van der Waals surface area contributed by atoms with Crippen LogP contribution in [0.3, 0.4) is 0 Å². The first kappa shape index (κ1) is 22.9. The van der Waals surface area contributed by atoms with Gasteiger partial charge in [-0.05, 0) is 18.4 Å². The van der Waals surface area contributed by atoms with Crippen LogP contribution in [0.4, 0.5) is 13.2 Å². The molecular weight excluding hydrogens is 415 g/mol. The Morgan fingerprint density at radius 3 is 2.50 bits per heavy atom. The molecule has 160 valence electrons. The monoisotopic (exact) mass is 441 g/mol. The molecule has 1 saturated heterocycles. The molecule has 1 fully saturated rings. The van der Waals surface area contributed by atoms with Gasteiger partial charge in [0, 0.05) is 53.4 Å². The molecule has 1 unspecified atom stereocenters. The lowest BCUT2D eigenvalue weighted by Gasteiger charge is -2.39. The van der Waals surface area contributed by atoms with Crippen molar-refractivity contribution in [3.8, 4) is 0 Å².